The number of nitrogens with zero attached hydrogens (tertiary/aromatic N) is 1. The van der Waals surface area contributed by atoms with E-state index in [0.29, 0.717) is 12.0 Å². The molecule has 0 aromatic heterocycles. The molecule has 9 nitrogen and oxygen atoms in total. The van der Waals surface area contributed by atoms with Crippen LogP contribution in [0.25, 0.3) is 0 Å². The summed E-state index contributed by atoms with van der Waals surface area (Å²) >= 11 is 0.776. The van der Waals surface area contributed by atoms with Crippen molar-refractivity contribution >= 4 is 38.9 Å². The largest absolute Gasteiger partial charge is 0.465 e. The third-order valence-corrected chi connectivity index (χ3v) is 5.60. The summed E-state index contributed by atoms with van der Waals surface area (Å²) in [7, 11) is -1.18. The lowest BCUT2D eigenvalue weighted by Gasteiger charge is -2.10. The predicted octanol–water partition coefficient (Wildman–Crippen LogP) is 1.76. The molecular weight excluding hydrogens is 422 g/mol. The summed E-state index contributed by atoms with van der Waals surface area (Å²) in [5.41, 5.74) is 0.560. The maximum absolute atomic E-state index is 12.0. The lowest BCUT2D eigenvalue weighted by Crippen LogP contribution is -2.19. The molecule has 11 heteroatoms. The van der Waals surface area contributed by atoms with Crippen molar-refractivity contribution in [1.82, 2.24) is 0 Å². The zero-order valence-corrected chi connectivity index (χ0v) is 18.2. The lowest BCUT2D eigenvalue weighted by atomic mass is 10.2. The standard InChI is InChI=1S/C18H25NO8S2/c1-14(24-2)9-10-26-16(20)11-28-17(18(21)25-3)19-13-27-29(22,23)12-15-7-5-4-6-8-15/h4-8,14H,9-13H2,1-3H3/b19-17-. The highest BCUT2D eigenvalue weighted by Gasteiger charge is 2.17. The Labute approximate surface area is 174 Å². The molecule has 0 aliphatic heterocycles. The van der Waals surface area contributed by atoms with E-state index < -0.39 is 28.8 Å². The van der Waals surface area contributed by atoms with Crippen molar-refractivity contribution in [2.75, 3.05) is 33.3 Å². The fraction of sp³-hybridized carbons (Fsp3) is 0.500. The first-order chi connectivity index (χ1) is 13.8. The van der Waals surface area contributed by atoms with E-state index in [-0.39, 0.29) is 29.3 Å². The normalized spacial score (nSPS) is 13.0. The Morgan fingerprint density at radius 1 is 1.17 bits per heavy atom. The third-order valence-electron chi connectivity index (χ3n) is 3.50. The fourth-order valence-electron chi connectivity index (χ4n) is 1.87. The Morgan fingerprint density at radius 3 is 2.48 bits per heavy atom. The molecule has 0 spiro atoms. The molecule has 1 aromatic rings. The number of methoxy groups -OCH3 is 2. The maximum Gasteiger partial charge on any atom is 0.363 e. The van der Waals surface area contributed by atoms with Gasteiger partial charge in [-0.1, -0.05) is 42.1 Å². The van der Waals surface area contributed by atoms with Crippen molar-refractivity contribution < 1.29 is 36.4 Å². The minimum atomic E-state index is -3.89. The number of hydrogen-bond donors (Lipinski definition) is 0. The Kier molecular flexibility index (Phi) is 11.5. The van der Waals surface area contributed by atoms with Gasteiger partial charge in [-0.3, -0.25) is 4.79 Å². The second-order valence-electron chi connectivity index (χ2n) is 5.73. The van der Waals surface area contributed by atoms with Gasteiger partial charge in [0, 0.05) is 13.5 Å². The maximum atomic E-state index is 12.0. The van der Waals surface area contributed by atoms with Gasteiger partial charge in [0.25, 0.3) is 10.1 Å². The van der Waals surface area contributed by atoms with Gasteiger partial charge >= 0.3 is 11.9 Å². The first kappa shape index (κ1) is 25.1. The van der Waals surface area contributed by atoms with E-state index in [4.69, 9.17) is 13.7 Å². The number of carbonyl (C=O) groups excluding carboxylic acids is 2. The molecule has 1 unspecified atom stereocenters. The van der Waals surface area contributed by atoms with Crippen LogP contribution in [0.4, 0.5) is 0 Å². The first-order valence-electron chi connectivity index (χ1n) is 8.62. The van der Waals surface area contributed by atoms with Gasteiger partial charge in [0.2, 0.25) is 0 Å². The zero-order valence-electron chi connectivity index (χ0n) is 16.5. The van der Waals surface area contributed by atoms with E-state index in [1.807, 2.05) is 6.92 Å². The van der Waals surface area contributed by atoms with E-state index in [9.17, 15) is 18.0 Å². The van der Waals surface area contributed by atoms with Crippen LogP contribution in [-0.4, -0.2) is 64.8 Å². The summed E-state index contributed by atoms with van der Waals surface area (Å²) in [6.07, 6.45) is 0.496. The van der Waals surface area contributed by atoms with Crippen molar-refractivity contribution in [2.24, 2.45) is 4.99 Å². The van der Waals surface area contributed by atoms with Crippen LogP contribution in [0.15, 0.2) is 35.3 Å². The molecule has 1 atom stereocenters. The van der Waals surface area contributed by atoms with Gasteiger partial charge in [0.15, 0.2) is 11.8 Å². The number of rotatable bonds is 11. The molecule has 0 saturated heterocycles. The molecule has 0 bridgehead atoms. The molecule has 0 amide bonds. The molecule has 0 aliphatic carbocycles. The van der Waals surface area contributed by atoms with Crippen LogP contribution >= 0.6 is 11.8 Å². The van der Waals surface area contributed by atoms with E-state index in [2.05, 4.69) is 9.73 Å². The van der Waals surface area contributed by atoms with E-state index in [1.165, 1.54) is 0 Å². The topological polar surface area (TPSA) is 118 Å². The molecule has 29 heavy (non-hydrogen) atoms. The molecule has 0 N–H and O–H groups in total. The van der Waals surface area contributed by atoms with Crippen LogP contribution < -0.4 is 0 Å². The molecule has 162 valence electrons. The van der Waals surface area contributed by atoms with Gasteiger partial charge < -0.3 is 14.2 Å². The summed E-state index contributed by atoms with van der Waals surface area (Å²) < 4.78 is 43.4. The SMILES string of the molecule is COC(=O)/C(=N/COS(=O)(=O)Cc1ccccc1)SCC(=O)OCCC(C)OC. The summed E-state index contributed by atoms with van der Waals surface area (Å²) in [5, 5.41) is -0.190. The molecule has 0 aliphatic rings. The molecule has 1 aromatic carbocycles. The monoisotopic (exact) mass is 447 g/mol. The van der Waals surface area contributed by atoms with Gasteiger partial charge in [0.1, 0.15) is 5.75 Å². The second kappa shape index (κ2) is 13.3. The highest BCUT2D eigenvalue weighted by atomic mass is 32.2. The summed E-state index contributed by atoms with van der Waals surface area (Å²) in [6, 6.07) is 8.50. The Hall–Kier alpha value is -1.95. The molecule has 1 rings (SSSR count). The predicted molar refractivity (Wildman–Crippen MR) is 109 cm³/mol. The summed E-state index contributed by atoms with van der Waals surface area (Å²) in [4.78, 5) is 27.3. The molecular formula is C18H25NO8S2. The van der Waals surface area contributed by atoms with Crippen molar-refractivity contribution in [2.45, 2.75) is 25.2 Å². The first-order valence-corrected chi connectivity index (χ1v) is 11.2. The number of hydrogen-bond acceptors (Lipinski definition) is 10. The smallest absolute Gasteiger partial charge is 0.363 e. The zero-order chi connectivity index (χ0) is 21.7. The molecule has 0 radical (unpaired) electrons. The van der Waals surface area contributed by atoms with Crippen LogP contribution in [0.2, 0.25) is 0 Å². The minimum absolute atomic E-state index is 0.0439. The summed E-state index contributed by atoms with van der Waals surface area (Å²) in [6.45, 7) is 1.42. The summed E-state index contributed by atoms with van der Waals surface area (Å²) in [5.74, 6) is -1.87. The van der Waals surface area contributed by atoms with Gasteiger partial charge in [-0.15, -0.1) is 0 Å². The van der Waals surface area contributed by atoms with Gasteiger partial charge in [-0.25, -0.2) is 14.0 Å². The Morgan fingerprint density at radius 2 is 1.86 bits per heavy atom. The number of ether oxygens (including phenoxy) is 3. The van der Waals surface area contributed by atoms with Crippen LogP contribution in [0.3, 0.4) is 0 Å². The average molecular weight is 448 g/mol. The second-order valence-corrected chi connectivity index (χ2v) is 8.34. The van der Waals surface area contributed by atoms with E-state index in [1.54, 1.807) is 37.4 Å². The number of thioether (sulfide) groups is 1. The molecule has 0 saturated carbocycles. The highest BCUT2D eigenvalue weighted by Crippen LogP contribution is 2.10. The number of carbonyl (C=O) groups is 2. The van der Waals surface area contributed by atoms with Crippen LogP contribution in [0, 0.1) is 0 Å². The lowest BCUT2D eigenvalue weighted by molar-refractivity contribution is -0.141. The van der Waals surface area contributed by atoms with Crippen molar-refractivity contribution in [3.8, 4) is 0 Å². The Balaban J connectivity index is 2.54. The highest BCUT2D eigenvalue weighted by molar-refractivity contribution is 8.16. The van der Waals surface area contributed by atoms with Crippen LogP contribution in [0.1, 0.15) is 18.9 Å². The quantitative estimate of drug-likeness (QED) is 0.216. The van der Waals surface area contributed by atoms with E-state index in [0.717, 1.165) is 18.9 Å². The number of esters is 2. The number of aliphatic imine (C=N–C) groups is 1. The molecule has 0 heterocycles. The minimum Gasteiger partial charge on any atom is -0.465 e. The van der Waals surface area contributed by atoms with Gasteiger partial charge in [0.05, 0.1) is 25.6 Å². The Bertz CT molecular complexity index is 780. The van der Waals surface area contributed by atoms with E-state index >= 15 is 0 Å². The van der Waals surface area contributed by atoms with Crippen molar-refractivity contribution in [3.63, 3.8) is 0 Å². The fourth-order valence-corrected chi connectivity index (χ4v) is 3.45. The third kappa shape index (κ3) is 11.0. The molecule has 0 fully saturated rings. The van der Waals surface area contributed by atoms with Crippen molar-refractivity contribution in [3.05, 3.63) is 35.9 Å². The van der Waals surface area contributed by atoms with Gasteiger partial charge in [-0.05, 0) is 12.5 Å². The van der Waals surface area contributed by atoms with Gasteiger partial charge in [-0.2, -0.15) is 8.42 Å². The van der Waals surface area contributed by atoms with Crippen LogP contribution in [-0.2, 0) is 43.9 Å². The number of benzene rings is 1. The van der Waals surface area contributed by atoms with Crippen LogP contribution in [0.5, 0.6) is 0 Å². The van der Waals surface area contributed by atoms with Crippen molar-refractivity contribution in [1.29, 1.82) is 0 Å². The average Bonchev–Trinajstić information content (AvgIpc) is 2.70.